The molecule has 0 spiro atoms. The molecule has 0 atom stereocenters. The van der Waals surface area contributed by atoms with E-state index < -0.39 is 0 Å². The first-order valence-corrected chi connectivity index (χ1v) is 7.43. The molecule has 3 aromatic rings. The second kappa shape index (κ2) is 4.96. The largest absolute Gasteiger partial charge is 0.369 e. The molecule has 0 saturated heterocycles. The molecule has 7 heteroatoms. The van der Waals surface area contributed by atoms with Gasteiger partial charge in [0.15, 0.2) is 0 Å². The van der Waals surface area contributed by atoms with Crippen LogP contribution in [0.15, 0.2) is 34.8 Å². The number of hydrogen-bond acceptors (Lipinski definition) is 2. The van der Waals surface area contributed by atoms with E-state index >= 15 is 0 Å². The normalized spacial score (nSPS) is 11.2. The summed E-state index contributed by atoms with van der Waals surface area (Å²) in [6.45, 7) is 0. The molecule has 0 aliphatic heterocycles. The quantitative estimate of drug-likeness (QED) is 0.564. The van der Waals surface area contributed by atoms with Crippen LogP contribution in [0.4, 0.5) is 14.7 Å². The monoisotopic (exact) mass is 449 g/mol. The predicted molar refractivity (Wildman–Crippen MR) is 85.8 cm³/mol. The molecule has 0 aliphatic rings. The van der Waals surface area contributed by atoms with E-state index in [0.29, 0.717) is 24.8 Å². The summed E-state index contributed by atoms with van der Waals surface area (Å²) in [5.41, 5.74) is 7.63. The fourth-order valence-corrected chi connectivity index (χ4v) is 2.99. The van der Waals surface area contributed by atoms with Gasteiger partial charge in [-0.05, 0) is 62.8 Å². The lowest BCUT2D eigenvalue weighted by atomic mass is 10.2. The van der Waals surface area contributed by atoms with E-state index in [0.717, 1.165) is 0 Å². The van der Waals surface area contributed by atoms with Crippen LogP contribution in [0, 0.1) is 15.2 Å². The molecule has 102 valence electrons. The zero-order valence-corrected chi connectivity index (χ0v) is 13.6. The summed E-state index contributed by atoms with van der Waals surface area (Å²) in [6, 6.07) is 7.19. The maximum absolute atomic E-state index is 13.8. The van der Waals surface area contributed by atoms with Gasteiger partial charge in [0.05, 0.1) is 20.3 Å². The molecule has 3 rings (SSSR count). The molecule has 0 aliphatic carbocycles. The Morgan fingerprint density at radius 1 is 1.20 bits per heavy atom. The second-order valence-corrected chi connectivity index (χ2v) is 6.17. The third-order valence-electron chi connectivity index (χ3n) is 2.87. The molecule has 0 radical (unpaired) electrons. The Balaban J connectivity index is 2.35. The molecule has 2 aromatic carbocycles. The van der Waals surface area contributed by atoms with Crippen LogP contribution in [-0.4, -0.2) is 9.55 Å². The van der Waals surface area contributed by atoms with Crippen molar-refractivity contribution in [3.63, 3.8) is 0 Å². The van der Waals surface area contributed by atoms with Gasteiger partial charge >= 0.3 is 0 Å². The number of nitrogens with zero attached hydrogens (tertiary/aromatic N) is 2. The second-order valence-electron chi connectivity index (χ2n) is 4.16. The summed E-state index contributed by atoms with van der Waals surface area (Å²) < 4.78 is 29.5. The molecular weight excluding hydrogens is 443 g/mol. The van der Waals surface area contributed by atoms with E-state index in [1.54, 1.807) is 16.7 Å². The molecular formula is C13H7BrF2IN3. The van der Waals surface area contributed by atoms with Crippen LogP contribution >= 0.6 is 38.5 Å². The summed E-state index contributed by atoms with van der Waals surface area (Å²) in [7, 11) is 0. The number of imidazole rings is 1. The van der Waals surface area contributed by atoms with Gasteiger partial charge in [-0.3, -0.25) is 4.57 Å². The molecule has 1 heterocycles. The van der Waals surface area contributed by atoms with Crippen molar-refractivity contribution in [1.29, 1.82) is 0 Å². The minimum Gasteiger partial charge on any atom is -0.369 e. The minimum absolute atomic E-state index is 0.216. The third kappa shape index (κ3) is 2.18. The van der Waals surface area contributed by atoms with Crippen LogP contribution in [0.25, 0.3) is 16.7 Å². The Kier molecular flexibility index (Phi) is 3.41. The van der Waals surface area contributed by atoms with Crippen LogP contribution in [0.1, 0.15) is 0 Å². The van der Waals surface area contributed by atoms with Crippen molar-refractivity contribution in [2.75, 3.05) is 5.73 Å². The molecule has 2 N–H and O–H groups in total. The number of benzene rings is 2. The number of halogens is 4. The molecule has 20 heavy (non-hydrogen) atoms. The molecule has 0 bridgehead atoms. The van der Waals surface area contributed by atoms with Crippen molar-refractivity contribution in [3.8, 4) is 5.69 Å². The molecule has 3 nitrogen and oxygen atoms in total. The van der Waals surface area contributed by atoms with Crippen molar-refractivity contribution in [2.45, 2.75) is 0 Å². The van der Waals surface area contributed by atoms with Gasteiger partial charge in [0, 0.05) is 10.5 Å². The van der Waals surface area contributed by atoms with E-state index in [4.69, 9.17) is 5.73 Å². The van der Waals surface area contributed by atoms with Crippen LogP contribution in [-0.2, 0) is 0 Å². The van der Waals surface area contributed by atoms with Crippen LogP contribution in [0.2, 0.25) is 0 Å². The Morgan fingerprint density at radius 2 is 1.95 bits per heavy atom. The fraction of sp³-hybridized carbons (Fsp3) is 0. The first kappa shape index (κ1) is 13.7. The van der Waals surface area contributed by atoms with E-state index in [-0.39, 0.29) is 17.6 Å². The zero-order valence-electron chi connectivity index (χ0n) is 9.87. The third-order valence-corrected chi connectivity index (χ3v) is 4.33. The van der Waals surface area contributed by atoms with E-state index in [1.165, 1.54) is 18.2 Å². The van der Waals surface area contributed by atoms with Gasteiger partial charge in [-0.2, -0.15) is 0 Å². The highest BCUT2D eigenvalue weighted by molar-refractivity contribution is 14.1. The van der Waals surface area contributed by atoms with Crippen molar-refractivity contribution in [1.82, 2.24) is 9.55 Å². The van der Waals surface area contributed by atoms with E-state index in [1.807, 2.05) is 22.6 Å². The fourth-order valence-electron chi connectivity index (χ4n) is 2.01. The Hall–Kier alpha value is -1.22. The SMILES string of the molecule is Nc1nc2cc(I)c(F)cc2n1-c1ccc(F)cc1Br. The smallest absolute Gasteiger partial charge is 0.205 e. The highest BCUT2D eigenvalue weighted by atomic mass is 127. The lowest BCUT2D eigenvalue weighted by molar-refractivity contribution is 0.621. The zero-order chi connectivity index (χ0) is 14.4. The minimum atomic E-state index is -0.371. The van der Waals surface area contributed by atoms with E-state index in [9.17, 15) is 8.78 Å². The van der Waals surface area contributed by atoms with Crippen LogP contribution in [0.3, 0.4) is 0 Å². The maximum atomic E-state index is 13.8. The highest BCUT2D eigenvalue weighted by Gasteiger charge is 2.15. The number of hydrogen-bond donors (Lipinski definition) is 1. The number of nitrogens with two attached hydrogens (primary N) is 1. The standard InChI is InChI=1S/C13H7BrF2IN3/c14-7-3-6(15)1-2-11(7)20-12-4-8(16)9(17)5-10(12)19-13(20)18/h1-5H,(H2,18,19). The van der Waals surface area contributed by atoms with Gasteiger partial charge in [-0.15, -0.1) is 0 Å². The van der Waals surface area contributed by atoms with Gasteiger partial charge < -0.3 is 5.73 Å². The maximum Gasteiger partial charge on any atom is 0.205 e. The molecule has 0 saturated carbocycles. The summed E-state index contributed by atoms with van der Waals surface area (Å²) in [5.74, 6) is -0.504. The number of anilines is 1. The van der Waals surface area contributed by atoms with Gasteiger partial charge in [0.1, 0.15) is 11.6 Å². The number of rotatable bonds is 1. The highest BCUT2D eigenvalue weighted by Crippen LogP contribution is 2.30. The average Bonchev–Trinajstić information content (AvgIpc) is 2.66. The van der Waals surface area contributed by atoms with E-state index in [2.05, 4.69) is 20.9 Å². The van der Waals surface area contributed by atoms with Gasteiger partial charge in [0.25, 0.3) is 0 Å². The van der Waals surface area contributed by atoms with Gasteiger partial charge in [0.2, 0.25) is 5.95 Å². The number of nitrogen functional groups attached to an aromatic ring is 1. The predicted octanol–water partition coefficient (Wildman–Crippen LogP) is 4.25. The van der Waals surface area contributed by atoms with Crippen molar-refractivity contribution < 1.29 is 8.78 Å². The molecule has 1 aromatic heterocycles. The van der Waals surface area contributed by atoms with Crippen LogP contribution in [0.5, 0.6) is 0 Å². The molecule has 0 fully saturated rings. The summed E-state index contributed by atoms with van der Waals surface area (Å²) >= 11 is 5.18. The molecule has 0 amide bonds. The van der Waals surface area contributed by atoms with Crippen molar-refractivity contribution in [3.05, 3.63) is 50.0 Å². The number of fused-ring (bicyclic) bond motifs is 1. The Labute approximate surface area is 135 Å². The topological polar surface area (TPSA) is 43.8 Å². The van der Waals surface area contributed by atoms with Crippen molar-refractivity contribution in [2.24, 2.45) is 0 Å². The average molecular weight is 450 g/mol. The van der Waals surface area contributed by atoms with Gasteiger partial charge in [-0.1, -0.05) is 0 Å². The lowest BCUT2D eigenvalue weighted by Crippen LogP contribution is -2.02. The summed E-state index contributed by atoms with van der Waals surface area (Å²) in [6.07, 6.45) is 0. The van der Waals surface area contributed by atoms with Crippen LogP contribution < -0.4 is 5.73 Å². The number of aromatic nitrogens is 2. The Morgan fingerprint density at radius 3 is 2.65 bits per heavy atom. The summed E-state index contributed by atoms with van der Waals surface area (Å²) in [5, 5.41) is 0. The molecule has 0 unspecified atom stereocenters. The van der Waals surface area contributed by atoms with Gasteiger partial charge in [-0.25, -0.2) is 13.8 Å². The van der Waals surface area contributed by atoms with Crippen molar-refractivity contribution >= 4 is 55.5 Å². The first-order valence-electron chi connectivity index (χ1n) is 5.56. The Bertz CT molecular complexity index is 832. The lowest BCUT2D eigenvalue weighted by Gasteiger charge is -2.09. The summed E-state index contributed by atoms with van der Waals surface area (Å²) in [4.78, 5) is 4.21. The first-order chi connectivity index (χ1) is 9.47.